The summed E-state index contributed by atoms with van der Waals surface area (Å²) < 4.78 is 0. The number of hydrogen-bond acceptors (Lipinski definition) is 6. The number of thiazole rings is 1. The Morgan fingerprint density at radius 1 is 0.897 bits per heavy atom. The molecule has 4 rings (SSSR count). The van der Waals surface area contributed by atoms with Crippen LogP contribution in [0.5, 0.6) is 0 Å². The van der Waals surface area contributed by atoms with Gasteiger partial charge in [-0.05, 0) is 48.5 Å². The lowest BCUT2D eigenvalue weighted by Crippen LogP contribution is -2.10. The molecule has 0 saturated heterocycles. The van der Waals surface area contributed by atoms with E-state index in [1.54, 1.807) is 30.5 Å². The molecular weight excluding hydrogens is 386 g/mol. The minimum Gasteiger partial charge on any atom is -0.332 e. The number of carbonyl (C=O) groups excluding carboxylic acids is 2. The van der Waals surface area contributed by atoms with E-state index in [0.717, 1.165) is 16.6 Å². The number of hydrogen-bond donors (Lipinski definition) is 3. The normalized spacial score (nSPS) is 10.5. The Labute approximate surface area is 170 Å². The molecule has 0 radical (unpaired) electrons. The van der Waals surface area contributed by atoms with E-state index in [1.165, 1.54) is 24.5 Å². The summed E-state index contributed by atoms with van der Waals surface area (Å²) in [6.45, 7) is 1.44. The fraction of sp³-hybridized carbons (Fsp3) is 0.0476. The standard InChI is InChI=1S/C21H17N5O2S/c1-13(27)24-15-4-6-16(7-5-15)25-20(28)19-12-23-21(29-19)26-17-8-9-18-14(11-17)3-2-10-22-18/h2-12H,1H3,(H,23,26)(H,24,27)(H,25,28). The highest BCUT2D eigenvalue weighted by atomic mass is 32.1. The van der Waals surface area contributed by atoms with Gasteiger partial charge in [-0.1, -0.05) is 17.4 Å². The topological polar surface area (TPSA) is 96.0 Å². The van der Waals surface area contributed by atoms with Crippen molar-refractivity contribution in [1.82, 2.24) is 9.97 Å². The van der Waals surface area contributed by atoms with Crippen LogP contribution in [-0.2, 0) is 4.79 Å². The van der Waals surface area contributed by atoms with E-state index in [1.807, 2.05) is 30.3 Å². The van der Waals surface area contributed by atoms with Crippen molar-refractivity contribution < 1.29 is 9.59 Å². The molecule has 8 heteroatoms. The Morgan fingerprint density at radius 2 is 1.62 bits per heavy atom. The van der Waals surface area contributed by atoms with Gasteiger partial charge in [0.1, 0.15) is 4.88 Å². The van der Waals surface area contributed by atoms with Crippen LogP contribution in [-0.4, -0.2) is 21.8 Å². The fourth-order valence-corrected chi connectivity index (χ4v) is 3.48. The van der Waals surface area contributed by atoms with Gasteiger partial charge in [0, 0.05) is 35.6 Å². The van der Waals surface area contributed by atoms with Crippen molar-refractivity contribution in [2.24, 2.45) is 0 Å². The van der Waals surface area contributed by atoms with Gasteiger partial charge < -0.3 is 16.0 Å². The molecule has 144 valence electrons. The molecule has 0 unspecified atom stereocenters. The largest absolute Gasteiger partial charge is 0.332 e. The number of anilines is 4. The number of aromatic nitrogens is 2. The summed E-state index contributed by atoms with van der Waals surface area (Å²) in [5, 5.41) is 10.4. The number of nitrogens with one attached hydrogen (secondary N) is 3. The smallest absolute Gasteiger partial charge is 0.267 e. The average molecular weight is 403 g/mol. The van der Waals surface area contributed by atoms with Gasteiger partial charge in [0.2, 0.25) is 5.91 Å². The second-order valence-corrected chi connectivity index (χ2v) is 7.31. The molecule has 0 fully saturated rings. The number of benzene rings is 2. The van der Waals surface area contributed by atoms with E-state index in [-0.39, 0.29) is 11.8 Å². The molecule has 0 spiro atoms. The van der Waals surface area contributed by atoms with Gasteiger partial charge >= 0.3 is 0 Å². The summed E-state index contributed by atoms with van der Waals surface area (Å²) in [5.74, 6) is -0.389. The second kappa shape index (κ2) is 8.07. The highest BCUT2D eigenvalue weighted by Crippen LogP contribution is 2.25. The molecule has 0 bridgehead atoms. The van der Waals surface area contributed by atoms with Gasteiger partial charge in [-0.25, -0.2) is 4.98 Å². The lowest BCUT2D eigenvalue weighted by molar-refractivity contribution is -0.114. The van der Waals surface area contributed by atoms with Gasteiger partial charge in [-0.15, -0.1) is 0 Å². The summed E-state index contributed by atoms with van der Waals surface area (Å²) in [5.41, 5.74) is 3.10. The molecule has 0 atom stereocenters. The zero-order valence-electron chi connectivity index (χ0n) is 15.5. The molecule has 2 amide bonds. The third kappa shape index (κ3) is 4.56. The monoisotopic (exact) mass is 403 g/mol. The van der Waals surface area contributed by atoms with Crippen molar-refractivity contribution in [1.29, 1.82) is 0 Å². The number of amides is 2. The fourth-order valence-electron chi connectivity index (χ4n) is 2.75. The van der Waals surface area contributed by atoms with Crippen LogP contribution in [0, 0.1) is 0 Å². The summed E-state index contributed by atoms with van der Waals surface area (Å²) >= 11 is 1.27. The zero-order valence-corrected chi connectivity index (χ0v) is 16.3. The van der Waals surface area contributed by atoms with E-state index in [0.29, 0.717) is 21.4 Å². The van der Waals surface area contributed by atoms with Crippen LogP contribution in [0.1, 0.15) is 16.6 Å². The molecule has 29 heavy (non-hydrogen) atoms. The maximum atomic E-state index is 12.5. The van der Waals surface area contributed by atoms with Gasteiger partial charge in [0.15, 0.2) is 5.13 Å². The summed E-state index contributed by atoms with van der Waals surface area (Å²) in [7, 11) is 0. The molecule has 2 aromatic heterocycles. The van der Waals surface area contributed by atoms with E-state index in [9.17, 15) is 9.59 Å². The molecule has 2 aromatic carbocycles. The summed E-state index contributed by atoms with van der Waals surface area (Å²) in [4.78, 5) is 32.6. The Morgan fingerprint density at radius 3 is 2.38 bits per heavy atom. The van der Waals surface area contributed by atoms with Gasteiger partial charge in [0.25, 0.3) is 5.91 Å². The van der Waals surface area contributed by atoms with Crippen LogP contribution in [0.2, 0.25) is 0 Å². The highest BCUT2D eigenvalue weighted by molar-refractivity contribution is 7.17. The molecule has 2 heterocycles. The first kappa shape index (κ1) is 18.6. The van der Waals surface area contributed by atoms with E-state index in [2.05, 4.69) is 25.9 Å². The van der Waals surface area contributed by atoms with Crippen molar-refractivity contribution in [2.45, 2.75) is 6.92 Å². The Kier molecular flexibility index (Phi) is 5.17. The van der Waals surface area contributed by atoms with Crippen LogP contribution in [0.15, 0.2) is 67.0 Å². The Balaban J connectivity index is 1.42. The SMILES string of the molecule is CC(=O)Nc1ccc(NC(=O)c2cnc(Nc3ccc4ncccc4c3)s2)cc1. The minimum atomic E-state index is -0.245. The molecule has 3 N–H and O–H groups in total. The number of nitrogens with zero attached hydrogens (tertiary/aromatic N) is 2. The van der Waals surface area contributed by atoms with Crippen LogP contribution in [0.3, 0.4) is 0 Å². The third-order valence-electron chi connectivity index (χ3n) is 4.05. The van der Waals surface area contributed by atoms with Crippen molar-refractivity contribution in [3.8, 4) is 0 Å². The number of rotatable bonds is 5. The maximum Gasteiger partial charge on any atom is 0.267 e. The van der Waals surface area contributed by atoms with E-state index < -0.39 is 0 Å². The molecule has 0 aliphatic carbocycles. The first-order valence-electron chi connectivity index (χ1n) is 8.83. The quantitative estimate of drug-likeness (QED) is 0.451. The first-order chi connectivity index (χ1) is 14.1. The Hall–Kier alpha value is -3.78. The van der Waals surface area contributed by atoms with E-state index in [4.69, 9.17) is 0 Å². The highest BCUT2D eigenvalue weighted by Gasteiger charge is 2.11. The van der Waals surface area contributed by atoms with Crippen LogP contribution in [0.4, 0.5) is 22.2 Å². The molecule has 7 nitrogen and oxygen atoms in total. The van der Waals surface area contributed by atoms with Crippen LogP contribution in [0.25, 0.3) is 10.9 Å². The summed E-state index contributed by atoms with van der Waals surface area (Å²) in [6, 6.07) is 16.6. The lowest BCUT2D eigenvalue weighted by Gasteiger charge is -2.06. The number of carbonyl (C=O) groups is 2. The number of pyridine rings is 1. The van der Waals surface area contributed by atoms with Crippen molar-refractivity contribution >= 4 is 56.2 Å². The van der Waals surface area contributed by atoms with Crippen LogP contribution < -0.4 is 16.0 Å². The Bertz CT molecular complexity index is 1190. The maximum absolute atomic E-state index is 12.5. The molecular formula is C21H17N5O2S. The second-order valence-electron chi connectivity index (χ2n) is 6.28. The zero-order chi connectivity index (χ0) is 20.2. The minimum absolute atomic E-state index is 0.144. The lowest BCUT2D eigenvalue weighted by atomic mass is 10.2. The summed E-state index contributed by atoms with van der Waals surface area (Å²) in [6.07, 6.45) is 3.30. The van der Waals surface area contributed by atoms with E-state index >= 15 is 0 Å². The van der Waals surface area contributed by atoms with Gasteiger partial charge in [-0.3, -0.25) is 14.6 Å². The average Bonchev–Trinajstić information content (AvgIpc) is 3.18. The molecule has 0 aliphatic rings. The predicted octanol–water partition coefficient (Wildman–Crippen LogP) is 4.65. The first-order valence-corrected chi connectivity index (χ1v) is 9.65. The molecule has 0 saturated carbocycles. The van der Waals surface area contributed by atoms with Crippen molar-refractivity contribution in [2.75, 3.05) is 16.0 Å². The molecule has 4 aromatic rings. The number of fused-ring (bicyclic) bond motifs is 1. The van der Waals surface area contributed by atoms with Gasteiger partial charge in [0.05, 0.1) is 11.7 Å². The van der Waals surface area contributed by atoms with Crippen molar-refractivity contribution in [3.05, 3.63) is 71.9 Å². The molecule has 0 aliphatic heterocycles. The van der Waals surface area contributed by atoms with Crippen molar-refractivity contribution in [3.63, 3.8) is 0 Å². The third-order valence-corrected chi connectivity index (χ3v) is 4.96. The predicted molar refractivity (Wildman–Crippen MR) is 116 cm³/mol. The van der Waals surface area contributed by atoms with Crippen LogP contribution >= 0.6 is 11.3 Å². The van der Waals surface area contributed by atoms with Gasteiger partial charge in [-0.2, -0.15) is 0 Å².